The molecule has 0 unspecified atom stereocenters. The molecule has 0 bridgehead atoms. The van der Waals surface area contributed by atoms with Crippen molar-refractivity contribution < 1.29 is 18.9 Å². The lowest BCUT2D eigenvalue weighted by Crippen LogP contribution is -2.06. The fourth-order valence-electron chi connectivity index (χ4n) is 2.12. The van der Waals surface area contributed by atoms with E-state index < -0.39 is 0 Å². The van der Waals surface area contributed by atoms with Crippen molar-refractivity contribution in [3.63, 3.8) is 0 Å². The van der Waals surface area contributed by atoms with Crippen LogP contribution in [0.1, 0.15) is 0 Å². The summed E-state index contributed by atoms with van der Waals surface area (Å²) in [6.45, 7) is 1.85. The highest BCUT2D eigenvalue weighted by molar-refractivity contribution is 9.10. The Balaban J connectivity index is 2.38. The van der Waals surface area contributed by atoms with E-state index in [1.54, 1.807) is 7.11 Å². The van der Waals surface area contributed by atoms with Gasteiger partial charge in [-0.2, -0.15) is 4.74 Å². The first-order valence-corrected chi connectivity index (χ1v) is 8.95. The van der Waals surface area contributed by atoms with Gasteiger partial charge < -0.3 is 14.2 Å². The zero-order chi connectivity index (χ0) is 17.4. The van der Waals surface area contributed by atoms with Gasteiger partial charge in [-0.1, -0.05) is 31.9 Å². The summed E-state index contributed by atoms with van der Waals surface area (Å²) in [5.41, 5.74) is 1.87. The van der Waals surface area contributed by atoms with Crippen molar-refractivity contribution in [2.75, 3.05) is 33.5 Å². The fourth-order valence-corrected chi connectivity index (χ4v) is 2.84. The number of methoxy groups -OCH3 is 1. The third-order valence-electron chi connectivity index (χ3n) is 3.20. The highest BCUT2D eigenvalue weighted by Gasteiger charge is 2.14. The van der Waals surface area contributed by atoms with Gasteiger partial charge in [0.2, 0.25) is 7.11 Å². The van der Waals surface area contributed by atoms with E-state index in [1.165, 1.54) is 0 Å². The van der Waals surface area contributed by atoms with Crippen LogP contribution in [-0.2, 0) is 9.47 Å². The molecule has 0 amide bonds. The Morgan fingerprint density at radius 1 is 0.792 bits per heavy atom. The molecule has 0 spiro atoms. The molecule has 24 heavy (non-hydrogen) atoms. The summed E-state index contributed by atoms with van der Waals surface area (Å²) in [7, 11) is 5.00. The zero-order valence-corrected chi connectivity index (χ0v) is 16.6. The third-order valence-corrected chi connectivity index (χ3v) is 4.19. The van der Waals surface area contributed by atoms with Crippen LogP contribution >= 0.6 is 31.9 Å². The van der Waals surface area contributed by atoms with Crippen LogP contribution in [0, 0.1) is 7.11 Å². The number of halogens is 2. The fraction of sp³-hybridized carbons (Fsp3) is 0.278. The Bertz CT molecular complexity index is 604. The van der Waals surface area contributed by atoms with Crippen LogP contribution in [0.15, 0.2) is 45.3 Å². The quantitative estimate of drug-likeness (QED) is 0.387. The average Bonchev–Trinajstić information content (AvgIpc) is 2.58. The van der Waals surface area contributed by atoms with Crippen LogP contribution < -0.4 is 9.47 Å². The topological polar surface area (TPSA) is 36.9 Å². The van der Waals surface area contributed by atoms with Gasteiger partial charge in [-0.3, -0.25) is 0 Å². The van der Waals surface area contributed by atoms with E-state index in [2.05, 4.69) is 39.0 Å². The van der Waals surface area contributed by atoms with Crippen LogP contribution in [0.2, 0.25) is 0 Å². The maximum Gasteiger partial charge on any atom is 0.213 e. The van der Waals surface area contributed by atoms with Crippen molar-refractivity contribution in [3.05, 3.63) is 52.5 Å². The van der Waals surface area contributed by atoms with E-state index in [9.17, 15) is 0 Å². The summed E-state index contributed by atoms with van der Waals surface area (Å²) in [6, 6.07) is 11.7. The van der Waals surface area contributed by atoms with E-state index in [1.807, 2.05) is 36.4 Å². The van der Waals surface area contributed by atoms with Crippen LogP contribution in [-0.4, -0.2) is 33.5 Å². The number of ether oxygens (including phenoxy) is 4. The standard InChI is InChI=1S/C18H19Br2O4/c1-21-7-9-23-17-5-3-13(19)11-15(17)16-12-14(20)4-6-18(16)24-10-8-22-2/h3-6,11-12H,1,7-10H2,2H3/q+1. The molecule has 0 atom stereocenters. The van der Waals surface area contributed by atoms with Crippen LogP contribution in [0.3, 0.4) is 0 Å². The second-order valence-corrected chi connectivity index (χ2v) is 6.71. The maximum atomic E-state index is 5.86. The van der Waals surface area contributed by atoms with Crippen molar-refractivity contribution in [2.45, 2.75) is 0 Å². The lowest BCUT2D eigenvalue weighted by atomic mass is 10.0. The van der Waals surface area contributed by atoms with Crippen molar-refractivity contribution in [2.24, 2.45) is 0 Å². The van der Waals surface area contributed by atoms with Gasteiger partial charge in [0.15, 0.2) is 0 Å². The first-order valence-electron chi connectivity index (χ1n) is 7.36. The monoisotopic (exact) mass is 457 g/mol. The van der Waals surface area contributed by atoms with Crippen LogP contribution in [0.25, 0.3) is 11.1 Å². The SMILES string of the molecule is [CH2+]OCCOc1ccc(Br)cc1-c1cc(Br)ccc1OCCOC. The van der Waals surface area contributed by atoms with E-state index in [4.69, 9.17) is 18.9 Å². The molecule has 6 heteroatoms. The second-order valence-electron chi connectivity index (χ2n) is 4.88. The summed E-state index contributed by atoms with van der Waals surface area (Å²) >= 11 is 7.04. The molecule has 2 aromatic rings. The highest BCUT2D eigenvalue weighted by Crippen LogP contribution is 2.39. The molecule has 0 aromatic heterocycles. The first-order chi connectivity index (χ1) is 11.7. The molecule has 0 saturated heterocycles. The third kappa shape index (κ3) is 5.41. The molecule has 0 radical (unpaired) electrons. The summed E-state index contributed by atoms with van der Waals surface area (Å²) < 4.78 is 23.5. The Morgan fingerprint density at radius 3 is 1.75 bits per heavy atom. The minimum Gasteiger partial charge on any atom is -0.491 e. The largest absolute Gasteiger partial charge is 0.491 e. The van der Waals surface area contributed by atoms with Crippen molar-refractivity contribution >= 4 is 31.9 Å². The predicted octanol–water partition coefficient (Wildman–Crippen LogP) is 5.09. The molecule has 0 aliphatic rings. The van der Waals surface area contributed by atoms with Gasteiger partial charge >= 0.3 is 0 Å². The van der Waals surface area contributed by atoms with Gasteiger partial charge in [0.05, 0.1) is 6.61 Å². The van der Waals surface area contributed by atoms with E-state index >= 15 is 0 Å². The molecular formula is C18H19Br2O4+. The molecule has 2 aromatic carbocycles. The minimum absolute atomic E-state index is 0.422. The molecule has 0 aliphatic carbocycles. The number of hydrogen-bond acceptors (Lipinski definition) is 4. The Hall–Kier alpha value is -1.21. The molecule has 4 nitrogen and oxygen atoms in total. The Labute approximate surface area is 159 Å². The van der Waals surface area contributed by atoms with Crippen molar-refractivity contribution in [1.82, 2.24) is 0 Å². The summed E-state index contributed by atoms with van der Waals surface area (Å²) in [6.07, 6.45) is 0. The Morgan fingerprint density at radius 2 is 1.29 bits per heavy atom. The van der Waals surface area contributed by atoms with Gasteiger partial charge in [0.25, 0.3) is 0 Å². The molecule has 0 aliphatic heterocycles. The second kappa shape index (κ2) is 9.93. The van der Waals surface area contributed by atoms with Crippen molar-refractivity contribution in [3.8, 4) is 22.6 Å². The summed E-state index contributed by atoms with van der Waals surface area (Å²) in [5, 5.41) is 0. The average molecular weight is 459 g/mol. The van der Waals surface area contributed by atoms with Crippen molar-refractivity contribution in [1.29, 1.82) is 0 Å². The van der Waals surface area contributed by atoms with Crippen LogP contribution in [0.5, 0.6) is 11.5 Å². The smallest absolute Gasteiger partial charge is 0.213 e. The highest BCUT2D eigenvalue weighted by atomic mass is 79.9. The van der Waals surface area contributed by atoms with E-state index in [-0.39, 0.29) is 0 Å². The van der Waals surface area contributed by atoms with Gasteiger partial charge in [0, 0.05) is 27.2 Å². The molecule has 0 saturated carbocycles. The van der Waals surface area contributed by atoms with E-state index in [0.29, 0.717) is 26.4 Å². The summed E-state index contributed by atoms with van der Waals surface area (Å²) in [5.74, 6) is 1.52. The predicted molar refractivity (Wildman–Crippen MR) is 101 cm³/mol. The lowest BCUT2D eigenvalue weighted by molar-refractivity contribution is 0.146. The molecule has 0 fully saturated rings. The van der Waals surface area contributed by atoms with Gasteiger partial charge in [-0.05, 0) is 36.4 Å². The number of hydrogen-bond donors (Lipinski definition) is 0. The number of benzene rings is 2. The Kier molecular flexibility index (Phi) is 7.91. The lowest BCUT2D eigenvalue weighted by Gasteiger charge is -2.16. The molecule has 0 N–H and O–H groups in total. The zero-order valence-electron chi connectivity index (χ0n) is 13.4. The van der Waals surface area contributed by atoms with E-state index in [0.717, 1.165) is 31.6 Å². The van der Waals surface area contributed by atoms with Gasteiger partial charge in [0.1, 0.15) is 31.3 Å². The molecule has 0 heterocycles. The molecule has 2 rings (SSSR count). The molecular weight excluding hydrogens is 440 g/mol. The maximum absolute atomic E-state index is 5.86. The van der Waals surface area contributed by atoms with Gasteiger partial charge in [-0.25, -0.2) is 0 Å². The first kappa shape index (κ1) is 19.1. The normalized spacial score (nSPS) is 10.6. The van der Waals surface area contributed by atoms with Crippen LogP contribution in [0.4, 0.5) is 0 Å². The summed E-state index contributed by atoms with van der Waals surface area (Å²) in [4.78, 5) is 0. The molecule has 128 valence electrons. The minimum atomic E-state index is 0.422. The van der Waals surface area contributed by atoms with Gasteiger partial charge in [-0.15, -0.1) is 0 Å². The number of rotatable bonds is 9.